The average Bonchev–Trinajstić information content (AvgIpc) is 3.11. The number of thioether (sulfide) groups is 1. The van der Waals surface area contributed by atoms with Crippen LogP contribution in [0.3, 0.4) is 0 Å². The Kier molecular flexibility index (Phi) is 4.61. The number of tetrazole rings is 1. The zero-order valence-electron chi connectivity index (χ0n) is 13.6. The van der Waals surface area contributed by atoms with Gasteiger partial charge in [-0.25, -0.2) is 9.36 Å². The van der Waals surface area contributed by atoms with E-state index < -0.39 is 0 Å². The number of benzene rings is 1. The van der Waals surface area contributed by atoms with Gasteiger partial charge in [-0.15, -0.1) is 5.10 Å². The number of para-hydroxylation sites is 1. The summed E-state index contributed by atoms with van der Waals surface area (Å²) in [4.78, 5) is 12.2. The molecule has 124 valence electrons. The van der Waals surface area contributed by atoms with E-state index >= 15 is 0 Å². The van der Waals surface area contributed by atoms with Crippen molar-refractivity contribution < 1.29 is 4.79 Å². The van der Waals surface area contributed by atoms with Crippen LogP contribution >= 0.6 is 11.8 Å². The van der Waals surface area contributed by atoms with E-state index in [-0.39, 0.29) is 11.7 Å². The lowest BCUT2D eigenvalue weighted by atomic mass is 10.3. The summed E-state index contributed by atoms with van der Waals surface area (Å²) >= 11 is 1.28. The predicted molar refractivity (Wildman–Crippen MR) is 91.2 cm³/mol. The zero-order chi connectivity index (χ0) is 17.1. The molecule has 3 rings (SSSR count). The van der Waals surface area contributed by atoms with Gasteiger partial charge < -0.3 is 5.32 Å². The number of aromatic nitrogens is 6. The molecule has 0 atom stereocenters. The summed E-state index contributed by atoms with van der Waals surface area (Å²) in [6, 6.07) is 9.81. The highest BCUT2D eigenvalue weighted by Gasteiger charge is 2.16. The molecule has 24 heavy (non-hydrogen) atoms. The summed E-state index contributed by atoms with van der Waals surface area (Å²) in [7, 11) is 1.73. The summed E-state index contributed by atoms with van der Waals surface area (Å²) in [5.74, 6) is 0.102. The number of carbonyl (C=O) groups excluding carboxylic acids is 1. The molecule has 0 radical (unpaired) electrons. The summed E-state index contributed by atoms with van der Waals surface area (Å²) in [6.07, 6.45) is 0. The van der Waals surface area contributed by atoms with Gasteiger partial charge in [0.1, 0.15) is 0 Å². The van der Waals surface area contributed by atoms with Gasteiger partial charge in [-0.05, 0) is 36.4 Å². The van der Waals surface area contributed by atoms with Gasteiger partial charge >= 0.3 is 0 Å². The number of hydrogen-bond donors (Lipinski definition) is 1. The molecule has 9 heteroatoms. The summed E-state index contributed by atoms with van der Waals surface area (Å²) in [6.45, 7) is 3.81. The van der Waals surface area contributed by atoms with Crippen molar-refractivity contribution in [1.29, 1.82) is 0 Å². The van der Waals surface area contributed by atoms with Gasteiger partial charge in [0, 0.05) is 7.05 Å². The van der Waals surface area contributed by atoms with Crippen molar-refractivity contribution in [2.24, 2.45) is 7.05 Å². The monoisotopic (exact) mass is 343 g/mol. The molecule has 2 aromatic heterocycles. The van der Waals surface area contributed by atoms with Crippen LogP contribution in [0.25, 0.3) is 5.69 Å². The van der Waals surface area contributed by atoms with Crippen molar-refractivity contribution in [3.05, 3.63) is 41.7 Å². The van der Waals surface area contributed by atoms with E-state index in [1.165, 1.54) is 16.4 Å². The third-order valence-electron chi connectivity index (χ3n) is 3.47. The standard InChI is InChI=1S/C15H17N7OS/c1-10-14(11(2)22(18-10)12-7-5-4-6-8-12)16-13(23)9-24-15-17-19-20-21(15)3/h4-8H,9H2,1-3H3,(H,16,23). The molecule has 1 amide bonds. The van der Waals surface area contributed by atoms with Gasteiger partial charge in [-0.1, -0.05) is 30.0 Å². The van der Waals surface area contributed by atoms with Gasteiger partial charge in [0.15, 0.2) is 0 Å². The van der Waals surface area contributed by atoms with Crippen LogP contribution < -0.4 is 5.32 Å². The Morgan fingerprint density at radius 1 is 1.25 bits per heavy atom. The number of nitrogens with zero attached hydrogens (tertiary/aromatic N) is 6. The van der Waals surface area contributed by atoms with E-state index in [9.17, 15) is 4.79 Å². The van der Waals surface area contributed by atoms with Crippen LogP contribution in [0.15, 0.2) is 35.5 Å². The van der Waals surface area contributed by atoms with Gasteiger partial charge in [0.2, 0.25) is 11.1 Å². The van der Waals surface area contributed by atoms with Gasteiger partial charge in [-0.2, -0.15) is 5.10 Å². The molecule has 0 unspecified atom stereocenters. The van der Waals surface area contributed by atoms with Crippen LogP contribution in [0.1, 0.15) is 11.4 Å². The molecule has 1 aromatic carbocycles. The Morgan fingerprint density at radius 3 is 2.67 bits per heavy atom. The number of carbonyl (C=O) groups is 1. The predicted octanol–water partition coefficient (Wildman–Crippen LogP) is 1.74. The fourth-order valence-electron chi connectivity index (χ4n) is 2.29. The highest BCUT2D eigenvalue weighted by atomic mass is 32.2. The minimum Gasteiger partial charge on any atom is -0.322 e. The molecule has 2 heterocycles. The van der Waals surface area contributed by atoms with Crippen LogP contribution in [-0.2, 0) is 11.8 Å². The zero-order valence-corrected chi connectivity index (χ0v) is 14.4. The third kappa shape index (κ3) is 3.30. The largest absolute Gasteiger partial charge is 0.322 e. The van der Waals surface area contributed by atoms with Crippen molar-refractivity contribution in [3.63, 3.8) is 0 Å². The molecule has 8 nitrogen and oxygen atoms in total. The highest BCUT2D eigenvalue weighted by Crippen LogP contribution is 2.23. The minimum absolute atomic E-state index is 0.123. The quantitative estimate of drug-likeness (QED) is 0.710. The summed E-state index contributed by atoms with van der Waals surface area (Å²) < 4.78 is 3.35. The second-order valence-corrected chi connectivity index (χ2v) is 6.16. The lowest BCUT2D eigenvalue weighted by Gasteiger charge is -2.06. The van der Waals surface area contributed by atoms with E-state index in [0.717, 1.165) is 22.8 Å². The Labute approximate surface area is 143 Å². The smallest absolute Gasteiger partial charge is 0.234 e. The lowest BCUT2D eigenvalue weighted by Crippen LogP contribution is -2.15. The van der Waals surface area contributed by atoms with Crippen molar-refractivity contribution in [2.45, 2.75) is 19.0 Å². The minimum atomic E-state index is -0.123. The van der Waals surface area contributed by atoms with Crippen molar-refractivity contribution in [1.82, 2.24) is 30.0 Å². The Bertz CT molecular complexity index is 856. The van der Waals surface area contributed by atoms with Crippen LogP contribution in [-0.4, -0.2) is 41.6 Å². The number of aryl methyl sites for hydroxylation is 2. The van der Waals surface area contributed by atoms with Crippen LogP contribution in [0.4, 0.5) is 5.69 Å². The molecule has 1 N–H and O–H groups in total. The molecule has 0 saturated heterocycles. The van der Waals surface area contributed by atoms with Crippen LogP contribution in [0, 0.1) is 13.8 Å². The molecule has 0 aliphatic heterocycles. The molecule has 0 aliphatic rings. The number of rotatable bonds is 5. The molecule has 0 fully saturated rings. The number of nitrogens with one attached hydrogen (secondary N) is 1. The summed E-state index contributed by atoms with van der Waals surface area (Å²) in [5.41, 5.74) is 3.35. The summed E-state index contributed by atoms with van der Waals surface area (Å²) in [5, 5.41) is 19.2. The molecule has 3 aromatic rings. The lowest BCUT2D eigenvalue weighted by molar-refractivity contribution is -0.113. The van der Waals surface area contributed by atoms with Gasteiger partial charge in [-0.3, -0.25) is 4.79 Å². The molecule has 0 bridgehead atoms. The topological polar surface area (TPSA) is 90.5 Å². The van der Waals surface area contributed by atoms with E-state index in [1.807, 2.05) is 48.9 Å². The second kappa shape index (κ2) is 6.83. The Morgan fingerprint density at radius 2 is 2.00 bits per heavy atom. The number of anilines is 1. The second-order valence-electron chi connectivity index (χ2n) is 5.22. The first kappa shape index (κ1) is 16.2. The number of amides is 1. The first-order valence-corrected chi connectivity index (χ1v) is 8.31. The van der Waals surface area contributed by atoms with Crippen LogP contribution in [0.2, 0.25) is 0 Å². The number of hydrogen-bond acceptors (Lipinski definition) is 6. The average molecular weight is 343 g/mol. The molecular formula is C15H17N7OS. The van der Waals surface area contributed by atoms with Crippen molar-refractivity contribution in [3.8, 4) is 5.69 Å². The van der Waals surface area contributed by atoms with E-state index in [0.29, 0.717) is 5.16 Å². The fraction of sp³-hybridized carbons (Fsp3) is 0.267. The first-order valence-electron chi connectivity index (χ1n) is 7.33. The van der Waals surface area contributed by atoms with Gasteiger partial charge in [0.25, 0.3) is 0 Å². The molecular weight excluding hydrogens is 326 g/mol. The molecule has 0 saturated carbocycles. The maximum atomic E-state index is 12.2. The molecule has 0 aliphatic carbocycles. The van der Waals surface area contributed by atoms with E-state index in [1.54, 1.807) is 7.05 Å². The van der Waals surface area contributed by atoms with Crippen LogP contribution in [0.5, 0.6) is 0 Å². The van der Waals surface area contributed by atoms with E-state index in [2.05, 4.69) is 25.9 Å². The Balaban J connectivity index is 1.72. The first-order chi connectivity index (χ1) is 11.6. The van der Waals surface area contributed by atoms with E-state index in [4.69, 9.17) is 0 Å². The maximum absolute atomic E-state index is 12.2. The fourth-order valence-corrected chi connectivity index (χ4v) is 2.94. The van der Waals surface area contributed by atoms with Crippen molar-refractivity contribution in [2.75, 3.05) is 11.1 Å². The highest BCUT2D eigenvalue weighted by molar-refractivity contribution is 7.99. The Hall–Kier alpha value is -2.68. The maximum Gasteiger partial charge on any atom is 0.234 e. The normalized spacial score (nSPS) is 10.8. The SMILES string of the molecule is Cc1nn(-c2ccccc2)c(C)c1NC(=O)CSc1nnnn1C. The van der Waals surface area contributed by atoms with Crippen molar-refractivity contribution >= 4 is 23.4 Å². The van der Waals surface area contributed by atoms with Gasteiger partial charge in [0.05, 0.1) is 28.5 Å². The third-order valence-corrected chi connectivity index (χ3v) is 4.48. The molecule has 0 spiro atoms.